The molecule has 0 aliphatic rings. The highest BCUT2D eigenvalue weighted by atomic mass is 32.2. The third-order valence-electron chi connectivity index (χ3n) is 5.91. The summed E-state index contributed by atoms with van der Waals surface area (Å²) in [4.78, 5) is 24.7. The second-order valence-electron chi connectivity index (χ2n) is 9.00. The Morgan fingerprint density at radius 3 is 2.51 bits per heavy atom. The van der Waals surface area contributed by atoms with Crippen LogP contribution in [0.4, 0.5) is 4.39 Å². The molecular weight excluding hydrogens is 510 g/mol. The standard InChI is InChI=1S/C28H34FN2O4PS/c1-20-8-13-27(16-21(20)2)37-28(25-6-4-7-26(29)17-25)19-35-31-22(3)24-11-9-23(10-12-24)18-30-14-5-15-36(32,33)34/h4,6-13,16-17,28,30H,5,14-15,18-19H2,1-3H3,(H2,32,33,34). The summed E-state index contributed by atoms with van der Waals surface area (Å²) in [6, 6.07) is 20.8. The van der Waals surface area contributed by atoms with Crippen LogP contribution in [0.2, 0.25) is 0 Å². The molecule has 9 heteroatoms. The van der Waals surface area contributed by atoms with Crippen molar-refractivity contribution in [3.63, 3.8) is 0 Å². The molecular formula is C28H34FN2O4PS. The van der Waals surface area contributed by atoms with Crippen molar-refractivity contribution < 1.29 is 23.6 Å². The molecule has 3 aromatic rings. The fraction of sp³-hybridized carbons (Fsp3) is 0.321. The molecule has 0 heterocycles. The van der Waals surface area contributed by atoms with E-state index in [1.165, 1.54) is 23.3 Å². The van der Waals surface area contributed by atoms with Gasteiger partial charge in [-0.3, -0.25) is 4.57 Å². The van der Waals surface area contributed by atoms with Gasteiger partial charge in [-0.25, -0.2) is 4.39 Å². The van der Waals surface area contributed by atoms with E-state index in [0.29, 0.717) is 19.5 Å². The highest BCUT2D eigenvalue weighted by Gasteiger charge is 2.16. The average molecular weight is 545 g/mol. The van der Waals surface area contributed by atoms with Crippen molar-refractivity contribution in [1.29, 1.82) is 0 Å². The predicted octanol–water partition coefficient (Wildman–Crippen LogP) is 6.37. The lowest BCUT2D eigenvalue weighted by Crippen LogP contribution is -2.15. The summed E-state index contributed by atoms with van der Waals surface area (Å²) in [5.41, 5.74) is 5.99. The Balaban J connectivity index is 1.58. The monoisotopic (exact) mass is 544 g/mol. The summed E-state index contributed by atoms with van der Waals surface area (Å²) < 4.78 is 24.8. The lowest BCUT2D eigenvalue weighted by molar-refractivity contribution is 0.145. The predicted molar refractivity (Wildman–Crippen MR) is 149 cm³/mol. The number of aryl methyl sites for hydroxylation is 2. The minimum Gasteiger partial charge on any atom is -0.394 e. The topological polar surface area (TPSA) is 91.2 Å². The zero-order valence-corrected chi connectivity index (χ0v) is 23.1. The van der Waals surface area contributed by atoms with Crippen LogP contribution >= 0.6 is 19.4 Å². The van der Waals surface area contributed by atoms with Crippen molar-refractivity contribution in [1.82, 2.24) is 5.32 Å². The molecule has 1 unspecified atom stereocenters. The van der Waals surface area contributed by atoms with E-state index in [0.717, 1.165) is 27.3 Å². The molecule has 3 rings (SSSR count). The minimum absolute atomic E-state index is 0.113. The van der Waals surface area contributed by atoms with E-state index in [2.05, 4.69) is 42.5 Å². The van der Waals surface area contributed by atoms with Crippen LogP contribution in [0.5, 0.6) is 0 Å². The van der Waals surface area contributed by atoms with Crippen molar-refractivity contribution >= 4 is 25.1 Å². The van der Waals surface area contributed by atoms with Gasteiger partial charge in [0.15, 0.2) is 0 Å². The molecule has 0 aromatic heterocycles. The van der Waals surface area contributed by atoms with Gasteiger partial charge in [-0.1, -0.05) is 47.6 Å². The Hall–Kier alpha value is -2.48. The highest BCUT2D eigenvalue weighted by Crippen LogP contribution is 2.37. The van der Waals surface area contributed by atoms with Crippen molar-refractivity contribution in [3.05, 3.63) is 100 Å². The van der Waals surface area contributed by atoms with Crippen molar-refractivity contribution in [2.45, 2.75) is 43.9 Å². The van der Waals surface area contributed by atoms with E-state index in [1.807, 2.05) is 37.3 Å². The van der Waals surface area contributed by atoms with E-state index in [9.17, 15) is 8.96 Å². The van der Waals surface area contributed by atoms with Gasteiger partial charge < -0.3 is 19.9 Å². The van der Waals surface area contributed by atoms with Gasteiger partial charge in [0.1, 0.15) is 12.4 Å². The zero-order valence-electron chi connectivity index (χ0n) is 21.4. The molecule has 0 saturated heterocycles. The third kappa shape index (κ3) is 10.1. The van der Waals surface area contributed by atoms with Gasteiger partial charge in [0.2, 0.25) is 0 Å². The third-order valence-corrected chi connectivity index (χ3v) is 8.03. The smallest absolute Gasteiger partial charge is 0.325 e. The molecule has 198 valence electrons. The van der Waals surface area contributed by atoms with Crippen LogP contribution in [0.1, 0.15) is 46.4 Å². The molecule has 0 amide bonds. The Morgan fingerprint density at radius 2 is 1.84 bits per heavy atom. The van der Waals surface area contributed by atoms with Crippen LogP contribution in [-0.4, -0.2) is 34.8 Å². The molecule has 0 fully saturated rings. The molecule has 0 saturated carbocycles. The molecule has 3 aromatic carbocycles. The molecule has 0 aliphatic carbocycles. The number of thioether (sulfide) groups is 1. The van der Waals surface area contributed by atoms with E-state index < -0.39 is 7.60 Å². The van der Waals surface area contributed by atoms with E-state index in [1.54, 1.807) is 17.8 Å². The molecule has 6 nitrogen and oxygen atoms in total. The molecule has 0 spiro atoms. The summed E-state index contributed by atoms with van der Waals surface area (Å²) in [5.74, 6) is -0.278. The van der Waals surface area contributed by atoms with Gasteiger partial charge in [0.05, 0.1) is 17.1 Å². The Bertz CT molecular complexity index is 1250. The maximum absolute atomic E-state index is 13.9. The van der Waals surface area contributed by atoms with Crippen molar-refractivity contribution in [2.24, 2.45) is 5.16 Å². The van der Waals surface area contributed by atoms with Crippen LogP contribution in [0, 0.1) is 19.7 Å². The van der Waals surface area contributed by atoms with Gasteiger partial charge in [0, 0.05) is 11.4 Å². The first-order valence-electron chi connectivity index (χ1n) is 12.1. The molecule has 1 atom stereocenters. The Labute approximate surface area is 222 Å². The number of nitrogens with zero attached hydrogens (tertiary/aromatic N) is 1. The maximum Gasteiger partial charge on any atom is 0.325 e. The summed E-state index contributed by atoms with van der Waals surface area (Å²) in [5, 5.41) is 7.37. The van der Waals surface area contributed by atoms with Crippen LogP contribution in [0.25, 0.3) is 0 Å². The number of hydrogen-bond acceptors (Lipinski definition) is 5. The first-order chi connectivity index (χ1) is 17.6. The molecule has 37 heavy (non-hydrogen) atoms. The highest BCUT2D eigenvalue weighted by molar-refractivity contribution is 7.99. The summed E-state index contributed by atoms with van der Waals surface area (Å²) in [6.07, 6.45) is 0.307. The zero-order chi connectivity index (χ0) is 26.8. The normalized spacial score (nSPS) is 13.0. The summed E-state index contributed by atoms with van der Waals surface area (Å²) >= 11 is 1.62. The molecule has 3 N–H and O–H groups in total. The van der Waals surface area contributed by atoms with Crippen molar-refractivity contribution in [2.75, 3.05) is 19.3 Å². The quantitative estimate of drug-likeness (QED) is 0.0761. The van der Waals surface area contributed by atoms with E-state index in [-0.39, 0.29) is 23.8 Å². The molecule has 0 bridgehead atoms. The Morgan fingerprint density at radius 1 is 1.08 bits per heavy atom. The minimum atomic E-state index is -3.94. The van der Waals surface area contributed by atoms with Crippen molar-refractivity contribution in [3.8, 4) is 0 Å². The SMILES string of the molecule is CC(=NOCC(Sc1ccc(C)c(C)c1)c1cccc(F)c1)c1ccc(CNCCCP(=O)(O)O)cc1. The van der Waals surface area contributed by atoms with Crippen LogP contribution < -0.4 is 5.32 Å². The first-order valence-corrected chi connectivity index (χ1v) is 14.8. The van der Waals surface area contributed by atoms with E-state index in [4.69, 9.17) is 14.6 Å². The van der Waals surface area contributed by atoms with Gasteiger partial charge in [-0.2, -0.15) is 0 Å². The summed E-state index contributed by atoms with van der Waals surface area (Å²) in [7, 11) is -3.94. The van der Waals surface area contributed by atoms with Crippen LogP contribution in [-0.2, 0) is 15.9 Å². The number of hydrogen-bond donors (Lipinski definition) is 3. The second-order valence-corrected chi connectivity index (χ2v) is 12.0. The molecule has 0 radical (unpaired) electrons. The van der Waals surface area contributed by atoms with Gasteiger partial charge in [-0.15, -0.1) is 11.8 Å². The number of oxime groups is 1. The summed E-state index contributed by atoms with van der Waals surface area (Å²) in [6.45, 7) is 7.47. The lowest BCUT2D eigenvalue weighted by atomic mass is 10.1. The molecule has 0 aliphatic heterocycles. The second kappa shape index (κ2) is 13.9. The number of rotatable bonds is 13. The Kier molecular flexibility index (Phi) is 10.9. The van der Waals surface area contributed by atoms with Crippen LogP contribution in [0.3, 0.4) is 0 Å². The lowest BCUT2D eigenvalue weighted by Gasteiger charge is -2.17. The van der Waals surface area contributed by atoms with Gasteiger partial charge in [-0.05, 0) is 85.8 Å². The number of nitrogens with one attached hydrogen (secondary N) is 1. The van der Waals surface area contributed by atoms with Gasteiger partial charge >= 0.3 is 7.60 Å². The maximum atomic E-state index is 13.9. The van der Waals surface area contributed by atoms with E-state index >= 15 is 0 Å². The number of halogens is 1. The largest absolute Gasteiger partial charge is 0.394 e. The fourth-order valence-corrected chi connectivity index (χ4v) is 5.32. The van der Waals surface area contributed by atoms with Gasteiger partial charge in [0.25, 0.3) is 0 Å². The first kappa shape index (κ1) is 29.1. The average Bonchev–Trinajstić information content (AvgIpc) is 2.85. The van der Waals surface area contributed by atoms with Crippen LogP contribution in [0.15, 0.2) is 76.8 Å². The fourth-order valence-electron chi connectivity index (χ4n) is 3.62. The number of benzene rings is 3.